The van der Waals surface area contributed by atoms with Gasteiger partial charge in [-0.05, 0) is 44.0 Å². The van der Waals surface area contributed by atoms with Crippen molar-refractivity contribution in [3.8, 4) is 0 Å². The highest BCUT2D eigenvalue weighted by Crippen LogP contribution is 2.31. The van der Waals surface area contributed by atoms with Gasteiger partial charge >= 0.3 is 0 Å². The SMILES string of the molecule is [CH2]COC(c1cccc(Cl)c1)[C@@H]1CCCNC1. The van der Waals surface area contributed by atoms with Crippen LogP contribution < -0.4 is 5.32 Å². The maximum Gasteiger partial charge on any atom is 0.0865 e. The van der Waals surface area contributed by atoms with Gasteiger partial charge in [-0.2, -0.15) is 0 Å². The molecular formula is C14H19ClNO. The van der Waals surface area contributed by atoms with Gasteiger partial charge in [-0.1, -0.05) is 23.7 Å². The average Bonchev–Trinajstić information content (AvgIpc) is 2.37. The molecule has 0 aliphatic carbocycles. The van der Waals surface area contributed by atoms with Crippen LogP contribution in [0.3, 0.4) is 0 Å². The van der Waals surface area contributed by atoms with Gasteiger partial charge in [0.2, 0.25) is 0 Å². The Morgan fingerprint density at radius 3 is 3.06 bits per heavy atom. The minimum atomic E-state index is 0.110. The van der Waals surface area contributed by atoms with Crippen LogP contribution in [0, 0.1) is 12.8 Å². The Bertz CT molecular complexity index is 350. The van der Waals surface area contributed by atoms with Crippen molar-refractivity contribution in [1.82, 2.24) is 5.32 Å². The monoisotopic (exact) mass is 252 g/mol. The van der Waals surface area contributed by atoms with Crippen LogP contribution in [0.1, 0.15) is 24.5 Å². The summed E-state index contributed by atoms with van der Waals surface area (Å²) in [5.41, 5.74) is 1.16. The fourth-order valence-electron chi connectivity index (χ4n) is 2.45. The van der Waals surface area contributed by atoms with Crippen molar-refractivity contribution in [3.63, 3.8) is 0 Å². The van der Waals surface area contributed by atoms with Crippen LogP contribution in [0.25, 0.3) is 0 Å². The molecule has 1 aliphatic rings. The van der Waals surface area contributed by atoms with Gasteiger partial charge in [0.1, 0.15) is 0 Å². The van der Waals surface area contributed by atoms with Crippen molar-refractivity contribution in [1.29, 1.82) is 0 Å². The van der Waals surface area contributed by atoms with E-state index in [9.17, 15) is 0 Å². The molecule has 1 aliphatic heterocycles. The lowest BCUT2D eigenvalue weighted by Gasteiger charge is -2.31. The van der Waals surface area contributed by atoms with Crippen molar-refractivity contribution in [2.75, 3.05) is 19.7 Å². The van der Waals surface area contributed by atoms with Crippen molar-refractivity contribution in [3.05, 3.63) is 41.8 Å². The molecule has 0 amide bonds. The molecule has 2 atom stereocenters. The first-order valence-electron chi connectivity index (χ1n) is 6.18. The highest BCUT2D eigenvalue weighted by atomic mass is 35.5. The fourth-order valence-corrected chi connectivity index (χ4v) is 2.65. The zero-order valence-electron chi connectivity index (χ0n) is 9.99. The van der Waals surface area contributed by atoms with Gasteiger partial charge in [0.15, 0.2) is 0 Å². The Labute approximate surface area is 108 Å². The lowest BCUT2D eigenvalue weighted by Crippen LogP contribution is -2.34. The largest absolute Gasteiger partial charge is 0.373 e. The van der Waals surface area contributed by atoms with E-state index in [1.807, 2.05) is 18.2 Å². The minimum absolute atomic E-state index is 0.110. The molecule has 2 nitrogen and oxygen atoms in total. The van der Waals surface area contributed by atoms with Gasteiger partial charge in [-0.25, -0.2) is 0 Å². The third kappa shape index (κ3) is 3.44. The molecular weight excluding hydrogens is 234 g/mol. The van der Waals surface area contributed by atoms with Gasteiger partial charge in [0.25, 0.3) is 0 Å². The van der Waals surface area contributed by atoms with Crippen LogP contribution in [-0.2, 0) is 4.74 Å². The molecule has 1 heterocycles. The molecule has 0 bridgehead atoms. The lowest BCUT2D eigenvalue weighted by atomic mass is 9.89. The summed E-state index contributed by atoms with van der Waals surface area (Å²) in [6, 6.07) is 7.95. The average molecular weight is 253 g/mol. The normalized spacial score (nSPS) is 22.4. The number of benzene rings is 1. The number of piperidine rings is 1. The molecule has 1 aromatic carbocycles. The lowest BCUT2D eigenvalue weighted by molar-refractivity contribution is 0.0181. The smallest absolute Gasteiger partial charge is 0.0865 e. The topological polar surface area (TPSA) is 21.3 Å². The molecule has 3 heteroatoms. The standard InChI is InChI=1S/C14H19ClNO/c1-2-17-14(12-6-4-8-16-10-12)11-5-3-7-13(15)9-11/h3,5,7,9,12,14,16H,1-2,4,6,8,10H2/t12-,14?/m1/s1. The molecule has 93 valence electrons. The number of hydrogen-bond acceptors (Lipinski definition) is 2. The van der Waals surface area contributed by atoms with Crippen LogP contribution >= 0.6 is 11.6 Å². The third-order valence-electron chi connectivity index (χ3n) is 3.24. The zero-order valence-corrected chi connectivity index (χ0v) is 10.7. The van der Waals surface area contributed by atoms with Gasteiger partial charge in [-0.3, -0.25) is 0 Å². The zero-order chi connectivity index (χ0) is 12.1. The summed E-state index contributed by atoms with van der Waals surface area (Å²) < 4.78 is 5.81. The van der Waals surface area contributed by atoms with E-state index in [0.29, 0.717) is 12.5 Å². The van der Waals surface area contributed by atoms with E-state index in [1.54, 1.807) is 0 Å². The van der Waals surface area contributed by atoms with Crippen LogP contribution in [0.2, 0.25) is 5.02 Å². The Balaban J connectivity index is 2.15. The summed E-state index contributed by atoms with van der Waals surface area (Å²) in [6.07, 6.45) is 2.52. The Morgan fingerprint density at radius 2 is 2.41 bits per heavy atom. The summed E-state index contributed by atoms with van der Waals surface area (Å²) in [5, 5.41) is 4.19. The number of halogens is 1. The Hall–Kier alpha value is -0.570. The summed E-state index contributed by atoms with van der Waals surface area (Å²) in [7, 11) is 0. The Morgan fingerprint density at radius 1 is 1.53 bits per heavy atom. The maximum atomic E-state index is 6.04. The van der Waals surface area contributed by atoms with E-state index < -0.39 is 0 Å². The summed E-state index contributed by atoms with van der Waals surface area (Å²) >= 11 is 6.04. The van der Waals surface area contributed by atoms with Gasteiger partial charge in [0.05, 0.1) is 6.10 Å². The predicted octanol–water partition coefficient (Wildman–Crippen LogP) is 3.23. The van der Waals surface area contributed by atoms with Crippen molar-refractivity contribution in [2.45, 2.75) is 18.9 Å². The van der Waals surface area contributed by atoms with Crippen LogP contribution in [0.15, 0.2) is 24.3 Å². The molecule has 1 aromatic rings. The molecule has 1 saturated heterocycles. The molecule has 1 N–H and O–H groups in total. The van der Waals surface area contributed by atoms with E-state index >= 15 is 0 Å². The maximum absolute atomic E-state index is 6.04. The second-order valence-corrected chi connectivity index (χ2v) is 4.89. The number of nitrogens with one attached hydrogen (secondary N) is 1. The van der Waals surface area contributed by atoms with E-state index in [-0.39, 0.29) is 6.10 Å². The quantitative estimate of drug-likeness (QED) is 0.888. The van der Waals surface area contributed by atoms with Gasteiger partial charge in [0, 0.05) is 24.1 Å². The van der Waals surface area contributed by atoms with E-state index in [2.05, 4.69) is 18.3 Å². The van der Waals surface area contributed by atoms with Gasteiger partial charge < -0.3 is 10.1 Å². The molecule has 2 rings (SSSR count). The number of ether oxygens (including phenoxy) is 1. The highest BCUT2D eigenvalue weighted by Gasteiger charge is 2.25. The summed E-state index contributed by atoms with van der Waals surface area (Å²) in [6.45, 7) is 6.41. The number of rotatable bonds is 4. The van der Waals surface area contributed by atoms with Crippen LogP contribution in [0.5, 0.6) is 0 Å². The van der Waals surface area contributed by atoms with Crippen molar-refractivity contribution in [2.24, 2.45) is 5.92 Å². The van der Waals surface area contributed by atoms with E-state index in [1.165, 1.54) is 12.8 Å². The molecule has 1 radical (unpaired) electrons. The van der Waals surface area contributed by atoms with Crippen molar-refractivity contribution >= 4 is 11.6 Å². The molecule has 1 unspecified atom stereocenters. The summed E-state index contributed by atoms with van der Waals surface area (Å²) in [5.74, 6) is 0.518. The number of hydrogen-bond donors (Lipinski definition) is 1. The van der Waals surface area contributed by atoms with Crippen molar-refractivity contribution < 1.29 is 4.74 Å². The molecule has 0 saturated carbocycles. The summed E-state index contributed by atoms with van der Waals surface area (Å²) in [4.78, 5) is 0. The second-order valence-electron chi connectivity index (χ2n) is 4.45. The van der Waals surface area contributed by atoms with Crippen LogP contribution in [0.4, 0.5) is 0 Å². The first kappa shape index (κ1) is 12.9. The van der Waals surface area contributed by atoms with E-state index in [0.717, 1.165) is 23.7 Å². The first-order chi connectivity index (χ1) is 8.31. The Kier molecular flexibility index (Phi) is 4.84. The minimum Gasteiger partial charge on any atom is -0.373 e. The highest BCUT2D eigenvalue weighted by molar-refractivity contribution is 6.30. The third-order valence-corrected chi connectivity index (χ3v) is 3.47. The first-order valence-corrected chi connectivity index (χ1v) is 6.56. The predicted molar refractivity (Wildman–Crippen MR) is 71.1 cm³/mol. The van der Waals surface area contributed by atoms with Gasteiger partial charge in [-0.15, -0.1) is 0 Å². The molecule has 17 heavy (non-hydrogen) atoms. The molecule has 1 fully saturated rings. The molecule has 0 spiro atoms. The second kappa shape index (κ2) is 6.39. The molecule has 0 aromatic heterocycles. The fraction of sp³-hybridized carbons (Fsp3) is 0.500. The van der Waals surface area contributed by atoms with Crippen LogP contribution in [-0.4, -0.2) is 19.7 Å². The van der Waals surface area contributed by atoms with E-state index in [4.69, 9.17) is 16.3 Å².